The quantitative estimate of drug-likeness (QED) is 0.317. The molecule has 1 heterocycles. The lowest BCUT2D eigenvalue weighted by atomic mass is 9.82. The molecule has 2 aliphatic rings. The highest BCUT2D eigenvalue weighted by Gasteiger charge is 2.36. The van der Waals surface area contributed by atoms with Crippen LogP contribution in [0.15, 0.2) is 18.2 Å². The largest absolute Gasteiger partial charge is 0.465 e. The molecule has 3 rings (SSSR count). The first kappa shape index (κ1) is 23.6. The molecule has 0 radical (unpaired) electrons. The zero-order valence-corrected chi connectivity index (χ0v) is 20.3. The Kier molecular flexibility index (Phi) is 7.64. The molecule has 0 aliphatic heterocycles. The number of methoxy groups -OCH3 is 1. The Balaban J connectivity index is 2.03. The number of esters is 1. The Morgan fingerprint density at radius 2 is 1.84 bits per heavy atom. The number of carbonyl (C=O) groups is 2. The second-order valence-electron chi connectivity index (χ2n) is 9.92. The van der Waals surface area contributed by atoms with Gasteiger partial charge in [-0.1, -0.05) is 30.9 Å². The normalized spacial score (nSPS) is 23.6. The molecule has 0 bridgehead atoms. The predicted molar refractivity (Wildman–Crippen MR) is 127 cm³/mol. The molecule has 1 fully saturated rings. The number of rotatable bonds is 4. The fourth-order valence-electron chi connectivity index (χ4n) is 4.32. The molecule has 4 nitrogen and oxygen atoms in total. The van der Waals surface area contributed by atoms with Crippen LogP contribution in [0.25, 0.3) is 0 Å². The molecule has 1 aromatic heterocycles. The third kappa shape index (κ3) is 6.01. The molecule has 0 saturated heterocycles. The fourth-order valence-corrected chi connectivity index (χ4v) is 5.24. The van der Waals surface area contributed by atoms with Crippen LogP contribution in [0.4, 0.5) is 5.69 Å². The van der Waals surface area contributed by atoms with Crippen molar-refractivity contribution in [3.05, 3.63) is 28.0 Å². The summed E-state index contributed by atoms with van der Waals surface area (Å²) in [6, 6.07) is 2.00. The number of anilines is 1. The molecule has 2 aliphatic carbocycles. The van der Waals surface area contributed by atoms with E-state index in [9.17, 15) is 9.59 Å². The van der Waals surface area contributed by atoms with Crippen LogP contribution >= 0.6 is 11.3 Å². The van der Waals surface area contributed by atoms with Gasteiger partial charge in [-0.05, 0) is 77.7 Å². The maximum absolute atomic E-state index is 13.8. The van der Waals surface area contributed by atoms with E-state index in [2.05, 4.69) is 51.7 Å². The average Bonchev–Trinajstić information content (AvgIpc) is 3.16. The third-order valence-corrected chi connectivity index (χ3v) is 7.13. The number of nitrogens with zero attached hydrogens (tertiary/aromatic N) is 1. The summed E-state index contributed by atoms with van der Waals surface area (Å²) < 4.78 is 5.08. The topological polar surface area (TPSA) is 46.6 Å². The van der Waals surface area contributed by atoms with Crippen molar-refractivity contribution in [3.63, 3.8) is 0 Å². The summed E-state index contributed by atoms with van der Waals surface area (Å²) in [4.78, 5) is 29.7. The zero-order valence-electron chi connectivity index (χ0n) is 19.5. The van der Waals surface area contributed by atoms with Crippen LogP contribution < -0.4 is 4.90 Å². The van der Waals surface area contributed by atoms with Crippen molar-refractivity contribution in [2.24, 2.45) is 17.3 Å². The summed E-state index contributed by atoms with van der Waals surface area (Å²) in [6.07, 6.45) is 11.0. The number of ether oxygens (including phenoxy) is 1. The highest BCUT2D eigenvalue weighted by Crippen LogP contribution is 2.38. The van der Waals surface area contributed by atoms with E-state index in [1.807, 2.05) is 11.0 Å². The Bertz CT molecular complexity index is 888. The lowest BCUT2D eigenvalue weighted by molar-refractivity contribution is -0.124. The number of amides is 1. The van der Waals surface area contributed by atoms with Gasteiger partial charge in [0.1, 0.15) is 4.88 Å². The minimum atomic E-state index is -0.398. The summed E-state index contributed by atoms with van der Waals surface area (Å²) >= 11 is 1.33. The molecule has 1 saturated carbocycles. The maximum atomic E-state index is 13.8. The number of hydrogen-bond donors (Lipinski definition) is 0. The Hall–Kier alpha value is -2.06. The Morgan fingerprint density at radius 3 is 2.42 bits per heavy atom. The second-order valence-corrected chi connectivity index (χ2v) is 11.0. The molecule has 1 amide bonds. The van der Waals surface area contributed by atoms with Gasteiger partial charge in [-0.25, -0.2) is 4.79 Å². The van der Waals surface area contributed by atoms with E-state index >= 15 is 0 Å². The van der Waals surface area contributed by atoms with E-state index in [0.29, 0.717) is 16.5 Å². The molecular weight excluding hydrogens is 406 g/mol. The van der Waals surface area contributed by atoms with Gasteiger partial charge in [0.05, 0.1) is 17.7 Å². The van der Waals surface area contributed by atoms with Crippen molar-refractivity contribution in [1.82, 2.24) is 0 Å². The molecule has 1 unspecified atom stereocenters. The zero-order chi connectivity index (χ0) is 22.6. The minimum Gasteiger partial charge on any atom is -0.465 e. The van der Waals surface area contributed by atoms with Gasteiger partial charge in [-0.2, -0.15) is 0 Å². The first-order chi connectivity index (χ1) is 14.7. The second kappa shape index (κ2) is 10.0. The molecule has 31 heavy (non-hydrogen) atoms. The first-order valence-corrected chi connectivity index (χ1v) is 12.2. The van der Waals surface area contributed by atoms with E-state index in [1.54, 1.807) is 0 Å². The summed E-state index contributed by atoms with van der Waals surface area (Å²) in [6.45, 7) is 8.44. The predicted octanol–water partition coefficient (Wildman–Crippen LogP) is 6.20. The average molecular weight is 442 g/mol. The molecular formula is C26H35NO3S. The van der Waals surface area contributed by atoms with Crippen molar-refractivity contribution < 1.29 is 14.3 Å². The molecule has 0 aromatic carbocycles. The number of carbonyl (C=O) groups excluding carboxylic acids is 2. The van der Waals surface area contributed by atoms with E-state index in [4.69, 9.17) is 4.74 Å². The Labute approximate surface area is 191 Å². The summed E-state index contributed by atoms with van der Waals surface area (Å²) in [5.74, 6) is 6.93. The van der Waals surface area contributed by atoms with Crippen LogP contribution in [0.1, 0.15) is 87.2 Å². The van der Waals surface area contributed by atoms with Crippen LogP contribution in [0.5, 0.6) is 0 Å². The van der Waals surface area contributed by atoms with Crippen LogP contribution in [-0.2, 0) is 9.53 Å². The number of thiophene rings is 1. The molecule has 168 valence electrons. The van der Waals surface area contributed by atoms with Crippen molar-refractivity contribution in [3.8, 4) is 11.8 Å². The highest BCUT2D eigenvalue weighted by molar-refractivity contribution is 7.15. The molecule has 0 N–H and O–H groups in total. The molecule has 1 aromatic rings. The standard InChI is InChI=1S/C26H35NO3S/c1-18-11-13-19(14-12-18)24(28)27(20-9-7-6-8-10-20)22-17-21(15-16-26(2,3)4)31-23(22)25(29)30-5/h6-7,17-20H,8-14H2,1-5H3. The number of hydrogen-bond acceptors (Lipinski definition) is 4. The fraction of sp³-hybridized carbons (Fsp3) is 0.615. The van der Waals surface area contributed by atoms with Crippen molar-refractivity contribution in [1.29, 1.82) is 0 Å². The van der Waals surface area contributed by atoms with Crippen LogP contribution in [0.2, 0.25) is 0 Å². The minimum absolute atomic E-state index is 0.0246. The third-order valence-electron chi connectivity index (χ3n) is 6.11. The summed E-state index contributed by atoms with van der Waals surface area (Å²) in [7, 11) is 1.39. The van der Waals surface area contributed by atoms with E-state index in [0.717, 1.165) is 49.8 Å². The monoisotopic (exact) mass is 441 g/mol. The number of allylic oxidation sites excluding steroid dienone is 1. The van der Waals surface area contributed by atoms with Gasteiger partial charge in [0.15, 0.2) is 0 Å². The van der Waals surface area contributed by atoms with Gasteiger partial charge in [0.2, 0.25) is 5.91 Å². The molecule has 5 heteroatoms. The van der Waals surface area contributed by atoms with E-state index < -0.39 is 5.97 Å². The van der Waals surface area contributed by atoms with E-state index in [1.165, 1.54) is 18.4 Å². The maximum Gasteiger partial charge on any atom is 0.350 e. The lowest BCUT2D eigenvalue weighted by Crippen LogP contribution is -2.45. The van der Waals surface area contributed by atoms with Crippen molar-refractivity contribution >= 4 is 28.9 Å². The van der Waals surface area contributed by atoms with Gasteiger partial charge in [0, 0.05) is 17.4 Å². The van der Waals surface area contributed by atoms with Gasteiger partial charge in [0.25, 0.3) is 0 Å². The van der Waals surface area contributed by atoms with E-state index in [-0.39, 0.29) is 23.3 Å². The van der Waals surface area contributed by atoms with Gasteiger partial charge < -0.3 is 9.64 Å². The first-order valence-electron chi connectivity index (χ1n) is 11.4. The molecule has 1 atom stereocenters. The van der Waals surface area contributed by atoms with Gasteiger partial charge >= 0.3 is 5.97 Å². The van der Waals surface area contributed by atoms with Gasteiger partial charge in [-0.3, -0.25) is 4.79 Å². The lowest BCUT2D eigenvalue weighted by Gasteiger charge is -2.37. The summed E-state index contributed by atoms with van der Waals surface area (Å²) in [5, 5.41) is 0. The van der Waals surface area contributed by atoms with Crippen LogP contribution in [0.3, 0.4) is 0 Å². The highest BCUT2D eigenvalue weighted by atomic mass is 32.1. The smallest absolute Gasteiger partial charge is 0.350 e. The van der Waals surface area contributed by atoms with Gasteiger partial charge in [-0.15, -0.1) is 11.3 Å². The van der Waals surface area contributed by atoms with Crippen molar-refractivity contribution in [2.75, 3.05) is 12.0 Å². The summed E-state index contributed by atoms with van der Waals surface area (Å²) in [5.41, 5.74) is 0.539. The van der Waals surface area contributed by atoms with Crippen LogP contribution in [-0.4, -0.2) is 25.0 Å². The SMILES string of the molecule is COC(=O)c1sc(C#CC(C)(C)C)cc1N(C(=O)C1CCC(C)CC1)C1CC=CCC1. The molecule has 0 spiro atoms. The van der Waals surface area contributed by atoms with Crippen LogP contribution in [0, 0.1) is 29.1 Å². The van der Waals surface area contributed by atoms with Crippen molar-refractivity contribution in [2.45, 2.75) is 78.7 Å². The Morgan fingerprint density at radius 1 is 1.13 bits per heavy atom.